The van der Waals surface area contributed by atoms with Gasteiger partial charge in [-0.2, -0.15) is 0 Å². The van der Waals surface area contributed by atoms with Gasteiger partial charge in [0, 0.05) is 5.70 Å². The summed E-state index contributed by atoms with van der Waals surface area (Å²) < 4.78 is 10.6. The van der Waals surface area contributed by atoms with E-state index in [-0.39, 0.29) is 6.04 Å². The molecule has 0 saturated heterocycles. The number of furan rings is 1. The number of methoxy groups -OCH3 is 1. The van der Waals surface area contributed by atoms with Crippen molar-refractivity contribution in [3.63, 3.8) is 0 Å². The van der Waals surface area contributed by atoms with Gasteiger partial charge in [-0.05, 0) is 60.3 Å². The molecule has 0 spiro atoms. The number of ether oxygens (including phenoxy) is 1. The molecule has 1 aromatic carbocycles. The van der Waals surface area contributed by atoms with Crippen LogP contribution in [0.3, 0.4) is 0 Å². The molecular formula is C15H14N2O2S. The van der Waals surface area contributed by atoms with Crippen molar-refractivity contribution < 1.29 is 9.15 Å². The van der Waals surface area contributed by atoms with Gasteiger partial charge in [0.25, 0.3) is 0 Å². The Morgan fingerprint density at radius 2 is 2.00 bits per heavy atom. The topological polar surface area (TPSA) is 46.4 Å². The summed E-state index contributed by atoms with van der Waals surface area (Å²) in [5, 5.41) is 6.91. The molecule has 1 aromatic heterocycles. The minimum atomic E-state index is -0.0594. The first-order valence-electron chi connectivity index (χ1n) is 6.23. The van der Waals surface area contributed by atoms with Crippen LogP contribution in [0.15, 0.2) is 53.2 Å². The van der Waals surface area contributed by atoms with Crippen LogP contribution in [-0.2, 0) is 0 Å². The maximum Gasteiger partial charge on any atom is 0.171 e. The van der Waals surface area contributed by atoms with Gasteiger partial charge in [-0.15, -0.1) is 0 Å². The second kappa shape index (κ2) is 5.38. The fourth-order valence-corrected chi connectivity index (χ4v) is 2.35. The van der Waals surface area contributed by atoms with Gasteiger partial charge in [0.15, 0.2) is 5.11 Å². The van der Waals surface area contributed by atoms with E-state index >= 15 is 0 Å². The Kier molecular flexibility index (Phi) is 3.43. The van der Waals surface area contributed by atoms with Crippen molar-refractivity contribution in [1.29, 1.82) is 0 Å². The van der Waals surface area contributed by atoms with E-state index in [0.717, 1.165) is 22.8 Å². The lowest BCUT2D eigenvalue weighted by Gasteiger charge is -2.24. The molecule has 0 unspecified atom stereocenters. The second-order valence-electron chi connectivity index (χ2n) is 4.40. The van der Waals surface area contributed by atoms with Gasteiger partial charge in [-0.1, -0.05) is 0 Å². The highest BCUT2D eigenvalue weighted by Gasteiger charge is 2.20. The van der Waals surface area contributed by atoms with Gasteiger partial charge in [0.05, 0.1) is 13.4 Å². The Morgan fingerprint density at radius 1 is 1.20 bits per heavy atom. The molecular weight excluding hydrogens is 272 g/mol. The molecule has 0 saturated carbocycles. The Morgan fingerprint density at radius 3 is 2.65 bits per heavy atom. The Bertz CT molecular complexity index is 632. The highest BCUT2D eigenvalue weighted by molar-refractivity contribution is 7.80. The molecule has 1 atom stereocenters. The minimum Gasteiger partial charge on any atom is -0.497 e. The number of hydrogen-bond acceptors (Lipinski definition) is 3. The van der Waals surface area contributed by atoms with Crippen LogP contribution in [0.1, 0.15) is 17.4 Å². The second-order valence-corrected chi connectivity index (χ2v) is 4.81. The van der Waals surface area contributed by atoms with Crippen LogP contribution in [0.5, 0.6) is 5.75 Å². The van der Waals surface area contributed by atoms with Gasteiger partial charge in [0.2, 0.25) is 0 Å². The first-order chi connectivity index (χ1) is 9.76. The van der Waals surface area contributed by atoms with E-state index in [0.29, 0.717) is 5.11 Å². The molecule has 1 aliphatic heterocycles. The summed E-state index contributed by atoms with van der Waals surface area (Å²) in [5.41, 5.74) is 2.00. The van der Waals surface area contributed by atoms with Crippen LogP contribution in [0.25, 0.3) is 5.70 Å². The number of hydrogen-bond donors (Lipinski definition) is 2. The molecule has 20 heavy (non-hydrogen) atoms. The van der Waals surface area contributed by atoms with Crippen LogP contribution >= 0.6 is 12.2 Å². The zero-order chi connectivity index (χ0) is 13.9. The first-order valence-corrected chi connectivity index (χ1v) is 6.64. The molecule has 0 amide bonds. The SMILES string of the molecule is COc1ccc(C2=C[C@H](c3ccco3)NC(=S)N2)cc1. The van der Waals surface area contributed by atoms with Crippen molar-refractivity contribution >= 4 is 23.0 Å². The third-order valence-corrected chi connectivity index (χ3v) is 3.34. The van der Waals surface area contributed by atoms with E-state index < -0.39 is 0 Å². The van der Waals surface area contributed by atoms with E-state index in [1.54, 1.807) is 13.4 Å². The molecule has 2 heterocycles. The Balaban J connectivity index is 1.92. The van der Waals surface area contributed by atoms with Gasteiger partial charge in [0.1, 0.15) is 17.6 Å². The van der Waals surface area contributed by atoms with E-state index in [1.807, 2.05) is 36.4 Å². The standard InChI is InChI=1S/C15H14N2O2S/c1-18-11-6-4-10(5-7-11)12-9-13(17-15(20)16-12)14-3-2-8-19-14/h2-9,13H,1H3,(H2,16,17,20)/t13-/m1/s1. The summed E-state index contributed by atoms with van der Waals surface area (Å²) in [6.45, 7) is 0. The summed E-state index contributed by atoms with van der Waals surface area (Å²) in [4.78, 5) is 0. The normalized spacial score (nSPS) is 17.9. The molecule has 0 radical (unpaired) electrons. The van der Waals surface area contributed by atoms with E-state index in [2.05, 4.69) is 16.7 Å². The molecule has 102 valence electrons. The monoisotopic (exact) mass is 286 g/mol. The Labute approximate surface area is 122 Å². The van der Waals surface area contributed by atoms with Crippen LogP contribution in [0, 0.1) is 0 Å². The quantitative estimate of drug-likeness (QED) is 0.850. The summed E-state index contributed by atoms with van der Waals surface area (Å²) in [6.07, 6.45) is 3.71. The van der Waals surface area contributed by atoms with Crippen molar-refractivity contribution in [3.05, 3.63) is 60.1 Å². The summed E-state index contributed by atoms with van der Waals surface area (Å²) in [5.74, 6) is 1.66. The number of benzene rings is 1. The first kappa shape index (κ1) is 12.7. The minimum absolute atomic E-state index is 0.0594. The maximum atomic E-state index is 5.43. The number of rotatable bonds is 3. The van der Waals surface area contributed by atoms with Crippen LogP contribution in [0.2, 0.25) is 0 Å². The molecule has 4 nitrogen and oxygen atoms in total. The molecule has 0 fully saturated rings. The number of thiocarbonyl (C=S) groups is 1. The van der Waals surface area contributed by atoms with E-state index in [1.165, 1.54) is 0 Å². The van der Waals surface area contributed by atoms with Crippen LogP contribution in [0.4, 0.5) is 0 Å². The third kappa shape index (κ3) is 2.53. The highest BCUT2D eigenvalue weighted by atomic mass is 32.1. The van der Waals surface area contributed by atoms with Gasteiger partial charge < -0.3 is 19.8 Å². The van der Waals surface area contributed by atoms with Crippen LogP contribution in [-0.4, -0.2) is 12.2 Å². The Hall–Kier alpha value is -2.27. The molecule has 1 aliphatic rings. The fraction of sp³-hybridized carbons (Fsp3) is 0.133. The molecule has 2 aromatic rings. The lowest BCUT2D eigenvalue weighted by molar-refractivity contribution is 0.415. The molecule has 5 heteroatoms. The average molecular weight is 286 g/mol. The molecule has 3 rings (SSSR count). The van der Waals surface area contributed by atoms with Gasteiger partial charge in [-0.25, -0.2) is 0 Å². The smallest absolute Gasteiger partial charge is 0.171 e. The average Bonchev–Trinajstić information content (AvgIpc) is 3.01. The van der Waals surface area contributed by atoms with Crippen molar-refractivity contribution in [3.8, 4) is 5.75 Å². The van der Waals surface area contributed by atoms with Crippen molar-refractivity contribution in [1.82, 2.24) is 10.6 Å². The van der Waals surface area contributed by atoms with Gasteiger partial charge >= 0.3 is 0 Å². The summed E-state index contributed by atoms with van der Waals surface area (Å²) in [7, 11) is 1.65. The highest BCUT2D eigenvalue weighted by Crippen LogP contribution is 2.24. The lowest BCUT2D eigenvalue weighted by atomic mass is 10.1. The predicted molar refractivity (Wildman–Crippen MR) is 81.3 cm³/mol. The van der Waals surface area contributed by atoms with E-state index in [4.69, 9.17) is 21.4 Å². The van der Waals surface area contributed by atoms with Crippen LogP contribution < -0.4 is 15.4 Å². The summed E-state index contributed by atoms with van der Waals surface area (Å²) in [6, 6.07) is 11.6. The lowest BCUT2D eigenvalue weighted by Crippen LogP contribution is -2.40. The molecule has 0 bridgehead atoms. The molecule has 0 aliphatic carbocycles. The predicted octanol–water partition coefficient (Wildman–Crippen LogP) is 2.85. The molecule has 2 N–H and O–H groups in total. The van der Waals surface area contributed by atoms with E-state index in [9.17, 15) is 0 Å². The zero-order valence-corrected chi connectivity index (χ0v) is 11.7. The zero-order valence-electron chi connectivity index (χ0n) is 10.9. The third-order valence-electron chi connectivity index (χ3n) is 3.12. The van der Waals surface area contributed by atoms with Gasteiger partial charge in [-0.3, -0.25) is 0 Å². The summed E-state index contributed by atoms with van der Waals surface area (Å²) >= 11 is 5.25. The van der Waals surface area contributed by atoms with Crippen molar-refractivity contribution in [2.75, 3.05) is 7.11 Å². The van der Waals surface area contributed by atoms with Crippen molar-refractivity contribution in [2.45, 2.75) is 6.04 Å². The number of nitrogens with one attached hydrogen (secondary N) is 2. The maximum absolute atomic E-state index is 5.43. The van der Waals surface area contributed by atoms with Crippen molar-refractivity contribution in [2.24, 2.45) is 0 Å². The largest absolute Gasteiger partial charge is 0.497 e. The fourth-order valence-electron chi connectivity index (χ4n) is 2.11.